The number of imide groups is 1. The second-order valence-corrected chi connectivity index (χ2v) is 6.56. The number of benzene rings is 1. The van der Waals surface area contributed by atoms with Crippen LogP contribution >= 0.6 is 23.4 Å². The molecule has 1 aromatic carbocycles. The topological polar surface area (TPSA) is 50.5 Å². The molecule has 1 fully saturated rings. The number of thioether (sulfide) groups is 1. The van der Waals surface area contributed by atoms with Crippen LogP contribution in [0.3, 0.4) is 0 Å². The Labute approximate surface area is 148 Å². The molecule has 1 aliphatic heterocycles. The summed E-state index contributed by atoms with van der Waals surface area (Å²) in [5.41, 5.74) is 1.90. The highest BCUT2D eigenvalue weighted by Crippen LogP contribution is 2.34. The largest absolute Gasteiger partial charge is 0.457 e. The first-order valence-electron chi connectivity index (χ1n) is 7.05. The Kier molecular flexibility index (Phi) is 4.52. The van der Waals surface area contributed by atoms with Gasteiger partial charge in [-0.2, -0.15) is 0 Å². The Balaban J connectivity index is 1.89. The Morgan fingerprint density at radius 2 is 2.12 bits per heavy atom. The summed E-state index contributed by atoms with van der Waals surface area (Å²) in [6.45, 7) is 1.92. The van der Waals surface area contributed by atoms with E-state index in [2.05, 4.69) is 5.92 Å². The summed E-state index contributed by atoms with van der Waals surface area (Å²) in [4.78, 5) is 25.2. The van der Waals surface area contributed by atoms with Crippen LogP contribution in [0.15, 0.2) is 39.7 Å². The first kappa shape index (κ1) is 16.4. The normalized spacial score (nSPS) is 16.0. The summed E-state index contributed by atoms with van der Waals surface area (Å²) in [5.74, 6) is 3.02. The Morgan fingerprint density at radius 3 is 2.88 bits per heavy atom. The first-order valence-corrected chi connectivity index (χ1v) is 8.24. The highest BCUT2D eigenvalue weighted by molar-refractivity contribution is 8.18. The second kappa shape index (κ2) is 6.60. The molecular weight excluding hydrogens is 346 g/mol. The third-order valence-electron chi connectivity index (χ3n) is 3.49. The van der Waals surface area contributed by atoms with Gasteiger partial charge in [0.15, 0.2) is 0 Å². The Hall–Kier alpha value is -2.42. The maximum atomic E-state index is 12.1. The number of carbonyl (C=O) groups is 2. The number of terminal acetylenes is 1. The number of aryl methyl sites for hydroxylation is 1. The van der Waals surface area contributed by atoms with E-state index < -0.39 is 5.91 Å². The minimum atomic E-state index is -0.403. The summed E-state index contributed by atoms with van der Waals surface area (Å²) in [6.07, 6.45) is 6.72. The summed E-state index contributed by atoms with van der Waals surface area (Å²) >= 11 is 6.88. The fourth-order valence-corrected chi connectivity index (χ4v) is 3.28. The standard InChI is InChI=1S/C18H12ClNO3S/c1-3-8-20-17(21)16(24-18(20)22)10-13-6-7-15(23-13)14-9-12(19)5-4-11(14)2/h1,4-7,9-10H,8H2,2H3. The molecule has 1 aliphatic rings. The van der Waals surface area contributed by atoms with Crippen LogP contribution in [0.5, 0.6) is 0 Å². The van der Waals surface area contributed by atoms with Crippen molar-refractivity contribution in [2.24, 2.45) is 0 Å². The van der Waals surface area contributed by atoms with Crippen LogP contribution in [-0.4, -0.2) is 22.6 Å². The molecule has 1 saturated heterocycles. The van der Waals surface area contributed by atoms with E-state index >= 15 is 0 Å². The number of hydrogen-bond acceptors (Lipinski definition) is 4. The molecule has 4 nitrogen and oxygen atoms in total. The van der Waals surface area contributed by atoms with Crippen molar-refractivity contribution in [3.05, 3.63) is 51.6 Å². The van der Waals surface area contributed by atoms with Crippen molar-refractivity contribution in [3.63, 3.8) is 0 Å². The van der Waals surface area contributed by atoms with Gasteiger partial charge in [0.25, 0.3) is 11.1 Å². The average molecular weight is 358 g/mol. The third kappa shape index (κ3) is 3.12. The molecule has 0 unspecified atom stereocenters. The van der Waals surface area contributed by atoms with Crippen LogP contribution in [0, 0.1) is 19.3 Å². The number of rotatable bonds is 3. The number of halogens is 1. The van der Waals surface area contributed by atoms with Crippen molar-refractivity contribution in [1.29, 1.82) is 0 Å². The van der Waals surface area contributed by atoms with Crippen molar-refractivity contribution < 1.29 is 14.0 Å². The van der Waals surface area contributed by atoms with E-state index in [1.54, 1.807) is 18.2 Å². The van der Waals surface area contributed by atoms with Gasteiger partial charge in [-0.15, -0.1) is 6.42 Å². The number of carbonyl (C=O) groups excluding carboxylic acids is 2. The van der Waals surface area contributed by atoms with Gasteiger partial charge in [-0.3, -0.25) is 14.5 Å². The highest BCUT2D eigenvalue weighted by Gasteiger charge is 2.34. The zero-order valence-corrected chi connectivity index (χ0v) is 14.3. The quantitative estimate of drug-likeness (QED) is 0.596. The average Bonchev–Trinajstić information content (AvgIpc) is 3.11. The van der Waals surface area contributed by atoms with Crippen molar-refractivity contribution >= 4 is 40.6 Å². The van der Waals surface area contributed by atoms with Gasteiger partial charge in [-0.1, -0.05) is 23.6 Å². The van der Waals surface area contributed by atoms with Gasteiger partial charge in [0.05, 0.1) is 11.4 Å². The van der Waals surface area contributed by atoms with E-state index in [-0.39, 0.29) is 11.8 Å². The van der Waals surface area contributed by atoms with Gasteiger partial charge in [0.1, 0.15) is 11.5 Å². The summed E-state index contributed by atoms with van der Waals surface area (Å²) in [5, 5.41) is 0.241. The van der Waals surface area contributed by atoms with Gasteiger partial charge < -0.3 is 4.42 Å². The lowest BCUT2D eigenvalue weighted by Gasteiger charge is -2.06. The zero-order chi connectivity index (χ0) is 17.3. The van der Waals surface area contributed by atoms with E-state index in [0.717, 1.165) is 27.8 Å². The minimum Gasteiger partial charge on any atom is -0.457 e. The van der Waals surface area contributed by atoms with Crippen LogP contribution < -0.4 is 0 Å². The number of hydrogen-bond donors (Lipinski definition) is 0. The van der Waals surface area contributed by atoms with Gasteiger partial charge in [-0.05, 0) is 48.5 Å². The molecule has 0 bridgehead atoms. The molecule has 2 heterocycles. The molecule has 0 atom stereocenters. The molecule has 0 saturated carbocycles. The van der Waals surface area contributed by atoms with Gasteiger partial charge >= 0.3 is 0 Å². The van der Waals surface area contributed by atoms with Crippen molar-refractivity contribution in [2.75, 3.05) is 6.54 Å². The molecule has 120 valence electrons. The molecule has 0 N–H and O–H groups in total. The van der Waals surface area contributed by atoms with E-state index in [1.807, 2.05) is 25.1 Å². The smallest absolute Gasteiger partial charge is 0.294 e. The van der Waals surface area contributed by atoms with Gasteiger partial charge in [-0.25, -0.2) is 0 Å². The molecule has 2 amide bonds. The molecule has 24 heavy (non-hydrogen) atoms. The molecule has 6 heteroatoms. The molecule has 2 aromatic rings. The predicted molar refractivity (Wildman–Crippen MR) is 95.4 cm³/mol. The lowest BCUT2D eigenvalue weighted by atomic mass is 10.1. The lowest BCUT2D eigenvalue weighted by Crippen LogP contribution is -2.28. The Morgan fingerprint density at radius 1 is 1.33 bits per heavy atom. The Bertz CT molecular complexity index is 907. The second-order valence-electron chi connectivity index (χ2n) is 5.13. The van der Waals surface area contributed by atoms with Crippen molar-refractivity contribution in [2.45, 2.75) is 6.92 Å². The predicted octanol–water partition coefficient (Wildman–Crippen LogP) is 4.58. The fraction of sp³-hybridized carbons (Fsp3) is 0.111. The van der Waals surface area contributed by atoms with E-state index in [1.165, 1.54) is 0 Å². The van der Waals surface area contributed by atoms with Crippen LogP contribution in [0.2, 0.25) is 5.02 Å². The van der Waals surface area contributed by atoms with Crippen molar-refractivity contribution in [1.82, 2.24) is 4.90 Å². The molecule has 0 radical (unpaired) electrons. The minimum absolute atomic E-state index is 0.0346. The highest BCUT2D eigenvalue weighted by atomic mass is 35.5. The third-order valence-corrected chi connectivity index (χ3v) is 4.63. The summed E-state index contributed by atoms with van der Waals surface area (Å²) < 4.78 is 5.78. The maximum Gasteiger partial charge on any atom is 0.294 e. The fourth-order valence-electron chi connectivity index (χ4n) is 2.29. The summed E-state index contributed by atoms with van der Waals surface area (Å²) in [6, 6.07) is 9.08. The summed E-state index contributed by atoms with van der Waals surface area (Å²) in [7, 11) is 0. The lowest BCUT2D eigenvalue weighted by molar-refractivity contribution is -0.122. The first-order chi connectivity index (χ1) is 11.5. The number of furan rings is 1. The number of amides is 2. The van der Waals surface area contributed by atoms with Crippen LogP contribution in [-0.2, 0) is 4.79 Å². The van der Waals surface area contributed by atoms with Gasteiger partial charge in [0.2, 0.25) is 0 Å². The molecular formula is C18H12ClNO3S. The van der Waals surface area contributed by atoms with Crippen LogP contribution in [0.25, 0.3) is 17.4 Å². The van der Waals surface area contributed by atoms with Gasteiger partial charge in [0, 0.05) is 16.7 Å². The molecule has 0 spiro atoms. The van der Waals surface area contributed by atoms with Crippen LogP contribution in [0.1, 0.15) is 11.3 Å². The van der Waals surface area contributed by atoms with Crippen molar-refractivity contribution in [3.8, 4) is 23.7 Å². The van der Waals surface area contributed by atoms with Crippen LogP contribution in [0.4, 0.5) is 4.79 Å². The molecule has 0 aliphatic carbocycles. The zero-order valence-electron chi connectivity index (χ0n) is 12.7. The SMILES string of the molecule is C#CCN1C(=O)SC(=Cc2ccc(-c3cc(Cl)ccc3C)o2)C1=O. The van der Waals surface area contributed by atoms with E-state index in [0.29, 0.717) is 21.4 Å². The number of nitrogens with zero attached hydrogens (tertiary/aromatic N) is 1. The molecule has 1 aromatic heterocycles. The molecule has 3 rings (SSSR count). The van der Waals surface area contributed by atoms with E-state index in [9.17, 15) is 9.59 Å². The van der Waals surface area contributed by atoms with E-state index in [4.69, 9.17) is 22.4 Å². The maximum absolute atomic E-state index is 12.1. The monoisotopic (exact) mass is 357 g/mol.